The fraction of sp³-hybridized carbons (Fsp3) is 0. The van der Waals surface area contributed by atoms with Crippen LogP contribution in [0.2, 0.25) is 0 Å². The Labute approximate surface area is 164 Å². The lowest BCUT2D eigenvalue weighted by atomic mass is 10.1. The Hall–Kier alpha value is -4.07. The van der Waals surface area contributed by atoms with E-state index in [2.05, 4.69) is 20.9 Å². The van der Waals surface area contributed by atoms with E-state index in [9.17, 15) is 18.4 Å². The van der Waals surface area contributed by atoms with Crippen molar-refractivity contribution in [2.24, 2.45) is 4.99 Å². The van der Waals surface area contributed by atoms with E-state index in [0.29, 0.717) is 28.3 Å². The van der Waals surface area contributed by atoms with Crippen LogP contribution >= 0.6 is 0 Å². The molecular weight excluding hydrogens is 378 g/mol. The molecule has 6 nitrogen and oxygen atoms in total. The van der Waals surface area contributed by atoms with Crippen LogP contribution in [0, 0.1) is 11.6 Å². The lowest BCUT2D eigenvalue weighted by Crippen LogP contribution is -2.19. The average Bonchev–Trinajstić information content (AvgIpc) is 3.00. The molecule has 3 aromatic carbocycles. The van der Waals surface area contributed by atoms with Crippen molar-refractivity contribution in [3.8, 4) is 0 Å². The van der Waals surface area contributed by atoms with Crippen molar-refractivity contribution in [1.29, 1.82) is 0 Å². The molecule has 0 fully saturated rings. The van der Waals surface area contributed by atoms with E-state index in [1.807, 2.05) is 0 Å². The van der Waals surface area contributed by atoms with E-state index in [1.54, 1.807) is 24.3 Å². The molecule has 0 radical (unpaired) electrons. The largest absolute Gasteiger partial charge is 0.323 e. The van der Waals surface area contributed by atoms with E-state index in [1.165, 1.54) is 42.5 Å². The van der Waals surface area contributed by atoms with Crippen molar-refractivity contribution in [2.75, 3.05) is 16.0 Å². The zero-order valence-electron chi connectivity index (χ0n) is 14.9. The monoisotopic (exact) mass is 392 g/mol. The molecule has 3 aromatic rings. The standard InChI is InChI=1S/C21H14F2N4O2/c22-12-1-4-15(5-2-12)25-21(29)26-16-8-6-14(7-9-16)24-19-17-11-13(23)3-10-18(17)27-20(19)28/h1-11H,(H,24,27,28)(H2,25,26,29). The number of halogens is 2. The normalized spacial score (nSPS) is 13.7. The first kappa shape index (κ1) is 18.3. The van der Waals surface area contributed by atoms with Crippen LogP contribution in [-0.2, 0) is 4.79 Å². The van der Waals surface area contributed by atoms with Crippen molar-refractivity contribution in [1.82, 2.24) is 0 Å². The molecule has 0 saturated heterocycles. The molecule has 0 spiro atoms. The number of nitrogens with zero attached hydrogens (tertiary/aromatic N) is 1. The molecule has 0 aliphatic carbocycles. The van der Waals surface area contributed by atoms with Crippen molar-refractivity contribution in [3.05, 3.63) is 83.9 Å². The summed E-state index contributed by atoms with van der Waals surface area (Å²) in [6.45, 7) is 0. The predicted octanol–water partition coefficient (Wildman–Crippen LogP) is 4.68. The Morgan fingerprint density at radius 3 is 2.07 bits per heavy atom. The third kappa shape index (κ3) is 4.11. The SMILES string of the molecule is O=C(Nc1ccc(F)cc1)Nc1ccc(N=C2C(=O)Nc3ccc(F)cc32)cc1. The fourth-order valence-electron chi connectivity index (χ4n) is 2.81. The van der Waals surface area contributed by atoms with E-state index in [0.717, 1.165) is 0 Å². The molecule has 29 heavy (non-hydrogen) atoms. The van der Waals surface area contributed by atoms with Crippen LogP contribution in [0.1, 0.15) is 5.56 Å². The molecule has 1 aliphatic rings. The lowest BCUT2D eigenvalue weighted by Gasteiger charge is -2.08. The number of amides is 3. The second-order valence-corrected chi connectivity index (χ2v) is 6.24. The van der Waals surface area contributed by atoms with Gasteiger partial charge in [0, 0.05) is 16.9 Å². The molecule has 0 bridgehead atoms. The summed E-state index contributed by atoms with van der Waals surface area (Å²) in [6, 6.07) is 15.3. The first-order valence-electron chi connectivity index (χ1n) is 8.61. The van der Waals surface area contributed by atoms with E-state index in [4.69, 9.17) is 0 Å². The van der Waals surface area contributed by atoms with Gasteiger partial charge < -0.3 is 16.0 Å². The first-order chi connectivity index (χ1) is 14.0. The summed E-state index contributed by atoms with van der Waals surface area (Å²) in [5.74, 6) is -1.26. The molecule has 3 N–H and O–H groups in total. The van der Waals surface area contributed by atoms with Crippen LogP contribution in [0.25, 0.3) is 0 Å². The second kappa shape index (κ2) is 7.51. The van der Waals surface area contributed by atoms with Gasteiger partial charge in [-0.25, -0.2) is 18.6 Å². The Kier molecular flexibility index (Phi) is 4.74. The highest BCUT2D eigenvalue weighted by Crippen LogP contribution is 2.27. The van der Waals surface area contributed by atoms with Crippen LogP contribution in [0.4, 0.5) is 36.3 Å². The number of benzene rings is 3. The van der Waals surface area contributed by atoms with Crippen LogP contribution in [0.15, 0.2) is 71.7 Å². The van der Waals surface area contributed by atoms with Crippen LogP contribution < -0.4 is 16.0 Å². The van der Waals surface area contributed by atoms with Gasteiger partial charge in [0.05, 0.1) is 11.4 Å². The predicted molar refractivity (Wildman–Crippen MR) is 107 cm³/mol. The van der Waals surface area contributed by atoms with E-state index >= 15 is 0 Å². The van der Waals surface area contributed by atoms with Crippen LogP contribution in [0.3, 0.4) is 0 Å². The molecule has 1 aliphatic heterocycles. The molecule has 0 atom stereocenters. The van der Waals surface area contributed by atoms with Crippen LogP contribution in [-0.4, -0.2) is 17.6 Å². The van der Waals surface area contributed by atoms with E-state index < -0.39 is 23.6 Å². The summed E-state index contributed by atoms with van der Waals surface area (Å²) in [6.07, 6.45) is 0. The summed E-state index contributed by atoms with van der Waals surface area (Å²) in [5.41, 5.74) is 2.44. The van der Waals surface area contributed by atoms with Gasteiger partial charge in [-0.2, -0.15) is 0 Å². The number of aliphatic imine (C=N–C) groups is 1. The minimum absolute atomic E-state index is 0.120. The zero-order chi connectivity index (χ0) is 20.4. The van der Waals surface area contributed by atoms with Crippen molar-refractivity contribution in [3.63, 3.8) is 0 Å². The topological polar surface area (TPSA) is 82.6 Å². The van der Waals surface area contributed by atoms with Crippen molar-refractivity contribution >= 4 is 40.4 Å². The number of urea groups is 1. The minimum atomic E-state index is -0.491. The Morgan fingerprint density at radius 2 is 1.41 bits per heavy atom. The molecule has 0 aromatic heterocycles. The molecule has 0 saturated carbocycles. The number of hydrogen-bond donors (Lipinski definition) is 3. The van der Waals surface area contributed by atoms with Gasteiger partial charge >= 0.3 is 6.03 Å². The summed E-state index contributed by atoms with van der Waals surface area (Å²) < 4.78 is 26.4. The molecule has 3 amide bonds. The Balaban J connectivity index is 1.46. The van der Waals surface area contributed by atoms with Gasteiger partial charge in [0.2, 0.25) is 0 Å². The minimum Gasteiger partial charge on any atom is -0.320 e. The molecule has 4 rings (SSSR count). The first-order valence-corrected chi connectivity index (χ1v) is 8.61. The molecule has 144 valence electrons. The average molecular weight is 392 g/mol. The lowest BCUT2D eigenvalue weighted by molar-refractivity contribution is -0.110. The fourth-order valence-corrected chi connectivity index (χ4v) is 2.81. The highest BCUT2D eigenvalue weighted by atomic mass is 19.1. The molecule has 1 heterocycles. The quantitative estimate of drug-likeness (QED) is 0.605. The zero-order valence-corrected chi connectivity index (χ0v) is 14.9. The second-order valence-electron chi connectivity index (χ2n) is 6.24. The summed E-state index contributed by atoms with van der Waals surface area (Å²) in [5, 5.41) is 7.85. The van der Waals surface area contributed by atoms with Gasteiger partial charge in [0.15, 0.2) is 0 Å². The third-order valence-electron chi connectivity index (χ3n) is 4.17. The Bertz CT molecular complexity index is 1130. The number of nitrogens with one attached hydrogen (secondary N) is 3. The number of anilines is 3. The smallest absolute Gasteiger partial charge is 0.320 e. The maximum atomic E-state index is 13.5. The van der Waals surface area contributed by atoms with Gasteiger partial charge in [-0.15, -0.1) is 0 Å². The van der Waals surface area contributed by atoms with Gasteiger partial charge in [-0.05, 0) is 66.7 Å². The maximum absolute atomic E-state index is 13.5. The number of carbonyl (C=O) groups excluding carboxylic acids is 2. The number of hydrogen-bond acceptors (Lipinski definition) is 3. The van der Waals surface area contributed by atoms with Gasteiger partial charge in [0.1, 0.15) is 17.3 Å². The maximum Gasteiger partial charge on any atom is 0.323 e. The number of fused-ring (bicyclic) bond motifs is 1. The number of carbonyl (C=O) groups is 2. The van der Waals surface area contributed by atoms with Crippen molar-refractivity contribution in [2.45, 2.75) is 0 Å². The highest BCUT2D eigenvalue weighted by molar-refractivity contribution is 6.54. The molecular formula is C21H14F2N4O2. The van der Waals surface area contributed by atoms with E-state index in [-0.39, 0.29) is 5.71 Å². The molecule has 0 unspecified atom stereocenters. The van der Waals surface area contributed by atoms with Gasteiger partial charge in [-0.3, -0.25) is 4.79 Å². The summed E-state index contributed by atoms with van der Waals surface area (Å²) in [7, 11) is 0. The molecule has 8 heteroatoms. The Morgan fingerprint density at radius 1 is 0.828 bits per heavy atom. The van der Waals surface area contributed by atoms with Crippen LogP contribution in [0.5, 0.6) is 0 Å². The number of rotatable bonds is 3. The third-order valence-corrected chi connectivity index (χ3v) is 4.17. The highest BCUT2D eigenvalue weighted by Gasteiger charge is 2.26. The summed E-state index contributed by atoms with van der Waals surface area (Å²) >= 11 is 0. The van der Waals surface area contributed by atoms with Crippen molar-refractivity contribution < 1.29 is 18.4 Å². The summed E-state index contributed by atoms with van der Waals surface area (Å²) in [4.78, 5) is 28.4. The van der Waals surface area contributed by atoms with Gasteiger partial charge in [0.25, 0.3) is 5.91 Å². The van der Waals surface area contributed by atoms with Gasteiger partial charge in [-0.1, -0.05) is 0 Å².